The van der Waals surface area contributed by atoms with Crippen LogP contribution in [-0.2, 0) is 0 Å². The number of fused-ring (bicyclic) bond motifs is 5. The van der Waals surface area contributed by atoms with Gasteiger partial charge in [-0.2, -0.15) is 0 Å². The summed E-state index contributed by atoms with van der Waals surface area (Å²) in [6.45, 7) is 17.1. The minimum absolute atomic E-state index is 0. The van der Waals surface area contributed by atoms with Crippen molar-refractivity contribution >= 4 is 0 Å². The van der Waals surface area contributed by atoms with Crippen molar-refractivity contribution in [2.75, 3.05) is 0 Å². The molecule has 0 aromatic heterocycles. The van der Waals surface area contributed by atoms with Crippen LogP contribution in [0, 0.1) is 204 Å². The third-order valence-electron chi connectivity index (χ3n) is 12.6. The van der Waals surface area contributed by atoms with Crippen molar-refractivity contribution < 1.29 is 40.2 Å². The van der Waals surface area contributed by atoms with Gasteiger partial charge in [0.15, 0.2) is 0 Å². The Bertz CT molecular complexity index is 2400. The third-order valence-corrected chi connectivity index (χ3v) is 12.6. The van der Waals surface area contributed by atoms with Gasteiger partial charge in [-0.05, 0) is 233 Å². The van der Waals surface area contributed by atoms with Crippen LogP contribution in [0.5, 0.6) is 0 Å². The highest BCUT2D eigenvalue weighted by atomic mass is 16.7. The number of allylic oxidation sites excluding steroid dienone is 1. The molecule has 0 heterocycles. The van der Waals surface area contributed by atoms with E-state index < -0.39 is 11.2 Å². The number of hydrogen-bond acceptors (Lipinski definition) is 4. The summed E-state index contributed by atoms with van der Waals surface area (Å²) in [5.74, 6) is 69.7. The van der Waals surface area contributed by atoms with Crippen LogP contribution in [0.3, 0.4) is 0 Å². The molecule has 0 bridgehead atoms. The normalized spacial score (nSPS) is 25.5. The Kier molecular flexibility index (Phi) is 21.4. The van der Waals surface area contributed by atoms with E-state index in [-0.39, 0.29) is 30.0 Å². The largest absolute Gasteiger partial charge is 0.390 e. The number of rotatable bonds is 5. The number of aliphatic hydroxyl groups is 2. The monoisotopic (exact) mass is 833 g/mol. The summed E-state index contributed by atoms with van der Waals surface area (Å²) in [5, 5.41) is 21.2. The zero-order valence-electron chi connectivity index (χ0n) is 36.5. The van der Waals surface area contributed by atoms with E-state index in [2.05, 4.69) is 188 Å². The Morgan fingerprint density at radius 3 is 1.47 bits per heavy atom. The van der Waals surface area contributed by atoms with Gasteiger partial charge in [-0.25, -0.2) is 0 Å². The quantitative estimate of drug-likeness (QED) is 0.214. The molecule has 4 rings (SSSR count). The molecule has 4 aliphatic rings. The molecule has 0 aromatic carbocycles. The van der Waals surface area contributed by atoms with E-state index in [1.807, 2.05) is 13.8 Å². The van der Waals surface area contributed by atoms with Gasteiger partial charge in [0.1, 0.15) is 0 Å². The van der Waals surface area contributed by atoms with Gasteiger partial charge in [0.2, 0.25) is 0 Å². The second-order valence-electron chi connectivity index (χ2n) is 16.6. The first kappa shape index (κ1) is 49.7. The summed E-state index contributed by atoms with van der Waals surface area (Å²) in [4.78, 5) is 14.0. The van der Waals surface area contributed by atoms with Crippen molar-refractivity contribution in [3.05, 3.63) is 21.6 Å². The molecule has 4 heteroatoms. The zero-order chi connectivity index (χ0) is 44.3. The van der Waals surface area contributed by atoms with Gasteiger partial charge in [0.05, 0.1) is 11.2 Å². The van der Waals surface area contributed by atoms with E-state index in [1.165, 1.54) is 38.5 Å². The molecular weight excluding hydrogens is 737 g/mol. The molecule has 8 atom stereocenters. The topological polar surface area (TPSA) is 74.6 Å². The SMILES string of the molecule is CC#CC#CC#CC#CC#CC#CC#CC#CC#CC#CC#CC#CC#CC.CC[C@@]1(O)CC[C@@]2(C)C(=CC[C@H]3[C@@H]4CC[C@H]([C@H](C)CCC(C)(C)O)[C@@]4(C)CC[C@@H]32)C1.O=O.[HH].[HH].[HH].[HH].[HH].[HH].[HH].[HH].[HH].[HH].[HH].[HH].[HH].[HH].[HH].[HH].[HH].[HH].[HH].[HH].[HH]. The van der Waals surface area contributed by atoms with Crippen molar-refractivity contribution in [3.63, 3.8) is 0 Å². The molecule has 4 nitrogen and oxygen atoms in total. The molecule has 0 spiro atoms. The van der Waals surface area contributed by atoms with E-state index in [4.69, 9.17) is 9.93 Å². The summed E-state index contributed by atoms with van der Waals surface area (Å²) in [7, 11) is 0. The first-order valence-electron chi connectivity index (χ1n) is 20.5. The van der Waals surface area contributed by atoms with E-state index in [1.54, 1.807) is 19.4 Å². The smallest absolute Gasteiger partial charge is 0.0682 e. The van der Waals surface area contributed by atoms with Crippen molar-refractivity contribution in [1.82, 2.24) is 0 Å². The van der Waals surface area contributed by atoms with Gasteiger partial charge in [0, 0.05) is 87.3 Å². The molecular formula is C56H96O4. The maximum Gasteiger partial charge on any atom is 0.0682 e. The van der Waals surface area contributed by atoms with Crippen LogP contribution in [0.25, 0.3) is 0 Å². The maximum absolute atomic E-state index is 11.0. The summed E-state index contributed by atoms with van der Waals surface area (Å²) < 4.78 is 0. The molecule has 0 aliphatic heterocycles. The molecule has 0 saturated heterocycles. The molecule has 344 valence electrons. The fourth-order valence-corrected chi connectivity index (χ4v) is 9.58. The van der Waals surface area contributed by atoms with Gasteiger partial charge in [0.25, 0.3) is 0 Å². The van der Waals surface area contributed by atoms with Gasteiger partial charge in [-0.3, -0.25) is 0 Å². The zero-order valence-corrected chi connectivity index (χ0v) is 36.5. The highest BCUT2D eigenvalue weighted by Crippen LogP contribution is 2.68. The molecule has 2 N–H and O–H groups in total. The Hall–Kier alpha value is -6.46. The lowest BCUT2D eigenvalue weighted by Crippen LogP contribution is -2.52. The molecule has 0 radical (unpaired) electrons. The Labute approximate surface area is 393 Å². The van der Waals surface area contributed by atoms with E-state index in [0.29, 0.717) is 16.7 Å². The van der Waals surface area contributed by atoms with Crippen LogP contribution in [-0.4, -0.2) is 21.4 Å². The molecule has 4 aliphatic carbocycles. The van der Waals surface area contributed by atoms with Gasteiger partial charge in [-0.1, -0.05) is 51.2 Å². The highest BCUT2D eigenvalue weighted by molar-refractivity contribution is 5.48. The first-order chi connectivity index (χ1) is 28.8. The van der Waals surface area contributed by atoms with E-state index in [9.17, 15) is 10.2 Å². The van der Waals surface area contributed by atoms with Crippen molar-refractivity contribution in [1.29, 1.82) is 0 Å². The van der Waals surface area contributed by atoms with Crippen LogP contribution in [0.1, 0.15) is 156 Å². The summed E-state index contributed by atoms with van der Waals surface area (Å²) in [6, 6.07) is 0. The van der Waals surface area contributed by atoms with Crippen LogP contribution in [0.4, 0.5) is 0 Å². The van der Waals surface area contributed by atoms with Crippen LogP contribution < -0.4 is 0 Å². The summed E-state index contributed by atoms with van der Waals surface area (Å²) >= 11 is 0. The Balaban J connectivity index is -0.0000000396. The predicted molar refractivity (Wildman–Crippen MR) is 289 cm³/mol. The number of hydrogen-bond donors (Lipinski definition) is 2. The van der Waals surface area contributed by atoms with Crippen molar-refractivity contribution in [2.45, 2.75) is 137 Å². The predicted octanol–water partition coefficient (Wildman–Crippen LogP) is 13.2. The second kappa shape index (κ2) is 25.8. The van der Waals surface area contributed by atoms with Crippen LogP contribution in [0.15, 0.2) is 11.6 Å². The third kappa shape index (κ3) is 15.7. The Morgan fingerprint density at radius 2 is 1.08 bits per heavy atom. The lowest BCUT2D eigenvalue weighted by atomic mass is 9.46. The van der Waals surface area contributed by atoms with Crippen molar-refractivity contribution in [3.8, 4) is 154 Å². The molecule has 0 aromatic rings. The van der Waals surface area contributed by atoms with Gasteiger partial charge < -0.3 is 10.2 Å². The molecule has 0 unspecified atom stereocenters. The second-order valence-corrected chi connectivity index (χ2v) is 16.6. The molecule has 0 amide bonds. The summed E-state index contributed by atoms with van der Waals surface area (Å²) in [6.07, 6.45) is 15.4. The summed E-state index contributed by atoms with van der Waals surface area (Å²) in [5.41, 5.74) is 1.42. The average Bonchev–Trinajstić information content (AvgIpc) is 3.60. The highest BCUT2D eigenvalue weighted by Gasteiger charge is 2.59. The molecule has 3 fully saturated rings. The van der Waals surface area contributed by atoms with Crippen molar-refractivity contribution in [2.24, 2.45) is 40.4 Å². The standard InChI is InChI=1S/C28H48O2.C28H6.O2.21H2/c1-7-28(30)17-16-26(5)20(18-28)8-9-21-23-11-10-22(19(2)12-14-25(3,4)29)27(23,6)15-13-24(21)26;1-3-5-7-9-11-13-15-17-19-21-23-25-27-28-26-24-22-20-18-16-14-12-10-8-6-4-2;1-2;;;;;;;;;;;;;;;;;;;;;/h8,19,21-24,29-30H,7,9-18H2,1-6H3;1-2H3;;21*1H/t19-,21+,22-,23+,24+,26+,27-,28-;;;;;;;;;;;;;;;;;;;;;;;/m1......................./s1. The van der Waals surface area contributed by atoms with E-state index in [0.717, 1.165) is 55.8 Å². The fourth-order valence-electron chi connectivity index (χ4n) is 9.58. The van der Waals surface area contributed by atoms with Gasteiger partial charge >= 0.3 is 0 Å². The fraction of sp³-hybridized carbons (Fsp3) is 0.500. The maximum atomic E-state index is 11.0. The van der Waals surface area contributed by atoms with Crippen LogP contribution >= 0.6 is 0 Å². The van der Waals surface area contributed by atoms with E-state index >= 15 is 0 Å². The lowest BCUT2D eigenvalue weighted by Gasteiger charge is -2.59. The first-order valence-corrected chi connectivity index (χ1v) is 20.5. The van der Waals surface area contributed by atoms with Crippen LogP contribution in [0.2, 0.25) is 0 Å². The Morgan fingerprint density at radius 1 is 0.667 bits per heavy atom. The molecule has 60 heavy (non-hydrogen) atoms. The van der Waals surface area contributed by atoms with Gasteiger partial charge in [-0.15, -0.1) is 0 Å². The lowest BCUT2D eigenvalue weighted by molar-refractivity contribution is -0.0761. The molecule has 3 saturated carbocycles. The minimum Gasteiger partial charge on any atom is -0.390 e. The average molecular weight is 833 g/mol. The minimum atomic E-state index is -0.536.